The van der Waals surface area contributed by atoms with Crippen LogP contribution in [0.1, 0.15) is 22.3 Å². The predicted molar refractivity (Wildman–Crippen MR) is 100.0 cm³/mol. The SMILES string of the molecule is C=CCN(C[C@H]1CC(c2ccc(Cl)cc2)=NO1)C(=O)c1cccc(F)c1. The van der Waals surface area contributed by atoms with Crippen molar-refractivity contribution in [3.8, 4) is 0 Å². The average Bonchev–Trinajstić information content (AvgIpc) is 3.10. The molecule has 4 nitrogen and oxygen atoms in total. The molecule has 1 aliphatic rings. The van der Waals surface area contributed by atoms with E-state index in [0.29, 0.717) is 30.1 Å². The van der Waals surface area contributed by atoms with Crippen LogP contribution in [0.3, 0.4) is 0 Å². The summed E-state index contributed by atoms with van der Waals surface area (Å²) in [6.07, 6.45) is 1.94. The van der Waals surface area contributed by atoms with E-state index in [9.17, 15) is 9.18 Å². The van der Waals surface area contributed by atoms with E-state index in [-0.39, 0.29) is 12.0 Å². The van der Waals surface area contributed by atoms with Crippen molar-refractivity contribution >= 4 is 23.2 Å². The van der Waals surface area contributed by atoms with Crippen molar-refractivity contribution in [2.75, 3.05) is 13.1 Å². The molecule has 0 unspecified atom stereocenters. The van der Waals surface area contributed by atoms with Crippen molar-refractivity contribution in [1.29, 1.82) is 0 Å². The molecule has 0 radical (unpaired) electrons. The fourth-order valence-electron chi connectivity index (χ4n) is 2.79. The maximum absolute atomic E-state index is 13.4. The van der Waals surface area contributed by atoms with Gasteiger partial charge in [-0.1, -0.05) is 41.0 Å². The van der Waals surface area contributed by atoms with Gasteiger partial charge in [0.25, 0.3) is 5.91 Å². The summed E-state index contributed by atoms with van der Waals surface area (Å²) in [6.45, 7) is 4.36. The second-order valence-electron chi connectivity index (χ2n) is 5.99. The van der Waals surface area contributed by atoms with Crippen LogP contribution in [0.5, 0.6) is 0 Å². The van der Waals surface area contributed by atoms with Crippen LogP contribution in [0.4, 0.5) is 4.39 Å². The van der Waals surface area contributed by atoms with Crippen LogP contribution in [0.25, 0.3) is 0 Å². The third kappa shape index (κ3) is 4.29. The maximum Gasteiger partial charge on any atom is 0.254 e. The van der Waals surface area contributed by atoms with Crippen LogP contribution in [0.2, 0.25) is 5.02 Å². The number of halogens is 2. The first-order chi connectivity index (χ1) is 12.6. The fourth-order valence-corrected chi connectivity index (χ4v) is 2.91. The fraction of sp³-hybridized carbons (Fsp3) is 0.200. The van der Waals surface area contributed by atoms with Crippen LogP contribution in [0, 0.1) is 5.82 Å². The summed E-state index contributed by atoms with van der Waals surface area (Å²) in [7, 11) is 0. The van der Waals surface area contributed by atoms with Crippen LogP contribution in [-0.4, -0.2) is 35.7 Å². The van der Waals surface area contributed by atoms with E-state index in [1.54, 1.807) is 29.2 Å². The number of rotatable bonds is 6. The number of hydrogen-bond donors (Lipinski definition) is 0. The lowest BCUT2D eigenvalue weighted by molar-refractivity contribution is 0.0449. The summed E-state index contributed by atoms with van der Waals surface area (Å²) in [6, 6.07) is 13.0. The molecule has 2 aromatic carbocycles. The molecule has 3 rings (SSSR count). The summed E-state index contributed by atoms with van der Waals surface area (Å²) in [5.74, 6) is -0.715. The summed E-state index contributed by atoms with van der Waals surface area (Å²) in [5, 5.41) is 4.78. The highest BCUT2D eigenvalue weighted by Crippen LogP contribution is 2.20. The largest absolute Gasteiger partial charge is 0.390 e. The Labute approximate surface area is 156 Å². The van der Waals surface area contributed by atoms with Gasteiger partial charge in [0, 0.05) is 23.6 Å². The first kappa shape index (κ1) is 18.1. The van der Waals surface area contributed by atoms with Crippen molar-refractivity contribution in [1.82, 2.24) is 4.90 Å². The molecule has 0 spiro atoms. The third-order valence-corrected chi connectivity index (χ3v) is 4.29. The van der Waals surface area contributed by atoms with Gasteiger partial charge in [-0.2, -0.15) is 0 Å². The highest BCUT2D eigenvalue weighted by atomic mass is 35.5. The Morgan fingerprint density at radius 3 is 2.81 bits per heavy atom. The molecule has 6 heteroatoms. The minimum Gasteiger partial charge on any atom is -0.390 e. The molecule has 134 valence electrons. The first-order valence-corrected chi connectivity index (χ1v) is 8.59. The van der Waals surface area contributed by atoms with E-state index >= 15 is 0 Å². The lowest BCUT2D eigenvalue weighted by atomic mass is 10.0. The quantitative estimate of drug-likeness (QED) is 0.709. The molecule has 0 N–H and O–H groups in total. The van der Waals surface area contributed by atoms with Crippen LogP contribution in [-0.2, 0) is 4.84 Å². The standard InChI is InChI=1S/C20H18ClFN2O2/c1-2-10-24(20(25)15-4-3-5-17(22)11-15)13-18-12-19(23-26-18)14-6-8-16(21)9-7-14/h2-9,11,18H,1,10,12-13H2/t18-/m1/s1. The summed E-state index contributed by atoms with van der Waals surface area (Å²) in [5.41, 5.74) is 2.04. The molecule has 0 saturated heterocycles. The van der Waals surface area contributed by atoms with Gasteiger partial charge in [0.1, 0.15) is 5.82 Å². The number of carbonyl (C=O) groups is 1. The van der Waals surface area contributed by atoms with Crippen molar-refractivity contribution in [2.24, 2.45) is 5.16 Å². The minimum absolute atomic E-state index is 0.266. The Bertz CT molecular complexity index is 836. The van der Waals surface area contributed by atoms with Crippen LogP contribution < -0.4 is 0 Å². The monoisotopic (exact) mass is 372 g/mol. The molecule has 26 heavy (non-hydrogen) atoms. The summed E-state index contributed by atoms with van der Waals surface area (Å²) in [4.78, 5) is 19.7. The molecule has 0 bridgehead atoms. The molecule has 2 aromatic rings. The lowest BCUT2D eigenvalue weighted by Gasteiger charge is -2.23. The minimum atomic E-state index is -0.445. The first-order valence-electron chi connectivity index (χ1n) is 8.21. The Morgan fingerprint density at radius 2 is 2.12 bits per heavy atom. The summed E-state index contributed by atoms with van der Waals surface area (Å²) >= 11 is 5.90. The molecule has 1 amide bonds. The molecule has 0 fully saturated rings. The molecule has 1 heterocycles. The van der Waals surface area contributed by atoms with E-state index in [4.69, 9.17) is 16.4 Å². The van der Waals surface area contributed by atoms with Crippen molar-refractivity contribution in [3.05, 3.63) is 83.2 Å². The zero-order valence-corrected chi connectivity index (χ0v) is 14.8. The van der Waals surface area contributed by atoms with Gasteiger partial charge in [-0.25, -0.2) is 4.39 Å². The molecule has 0 aromatic heterocycles. The van der Waals surface area contributed by atoms with E-state index in [0.717, 1.165) is 11.3 Å². The smallest absolute Gasteiger partial charge is 0.254 e. The van der Waals surface area contributed by atoms with Crippen LogP contribution in [0.15, 0.2) is 66.3 Å². The number of nitrogens with zero attached hydrogens (tertiary/aromatic N) is 2. The van der Waals surface area contributed by atoms with E-state index in [2.05, 4.69) is 11.7 Å². The molecule has 0 aliphatic carbocycles. The van der Waals surface area contributed by atoms with Gasteiger partial charge in [-0.15, -0.1) is 6.58 Å². The molecule has 1 aliphatic heterocycles. The van der Waals surface area contributed by atoms with Crippen molar-refractivity contribution in [3.63, 3.8) is 0 Å². The highest BCUT2D eigenvalue weighted by Gasteiger charge is 2.27. The maximum atomic E-state index is 13.4. The van der Waals surface area contributed by atoms with Crippen LogP contribution >= 0.6 is 11.6 Å². The Kier molecular flexibility index (Phi) is 5.68. The van der Waals surface area contributed by atoms with Crippen molar-refractivity contribution in [2.45, 2.75) is 12.5 Å². The predicted octanol–water partition coefficient (Wildman–Crippen LogP) is 4.30. The van der Waals surface area contributed by atoms with Gasteiger partial charge >= 0.3 is 0 Å². The zero-order valence-electron chi connectivity index (χ0n) is 14.1. The molecular weight excluding hydrogens is 355 g/mol. The Hall–Kier alpha value is -2.66. The van der Waals surface area contributed by atoms with Gasteiger partial charge in [-0.3, -0.25) is 4.79 Å². The second-order valence-corrected chi connectivity index (χ2v) is 6.42. The number of carbonyl (C=O) groups excluding carboxylic acids is 1. The number of amides is 1. The second kappa shape index (κ2) is 8.15. The third-order valence-electron chi connectivity index (χ3n) is 4.04. The van der Waals surface area contributed by atoms with Gasteiger partial charge in [0.2, 0.25) is 0 Å². The van der Waals surface area contributed by atoms with E-state index < -0.39 is 5.82 Å². The van der Waals surface area contributed by atoms with Gasteiger partial charge < -0.3 is 9.74 Å². The Morgan fingerprint density at radius 1 is 1.35 bits per heavy atom. The van der Waals surface area contributed by atoms with E-state index in [1.807, 2.05) is 12.1 Å². The number of oxime groups is 1. The zero-order chi connectivity index (χ0) is 18.5. The van der Waals surface area contributed by atoms with Gasteiger partial charge in [-0.05, 0) is 35.9 Å². The molecule has 1 atom stereocenters. The normalized spacial score (nSPS) is 15.9. The average molecular weight is 373 g/mol. The number of benzene rings is 2. The molecule has 0 saturated carbocycles. The van der Waals surface area contributed by atoms with E-state index in [1.165, 1.54) is 18.2 Å². The Balaban J connectivity index is 1.67. The number of hydrogen-bond acceptors (Lipinski definition) is 3. The molecular formula is C20H18ClFN2O2. The lowest BCUT2D eigenvalue weighted by Crippen LogP contribution is -2.37. The topological polar surface area (TPSA) is 41.9 Å². The highest BCUT2D eigenvalue weighted by molar-refractivity contribution is 6.30. The summed E-state index contributed by atoms with van der Waals surface area (Å²) < 4.78 is 13.4. The van der Waals surface area contributed by atoms with Gasteiger partial charge in [0.15, 0.2) is 6.10 Å². The van der Waals surface area contributed by atoms with Gasteiger partial charge in [0.05, 0.1) is 12.3 Å². The van der Waals surface area contributed by atoms with Crippen molar-refractivity contribution < 1.29 is 14.0 Å².